The number of ether oxygens (including phenoxy) is 1. The molecule has 3 aromatic carbocycles. The van der Waals surface area contributed by atoms with Crippen LogP contribution in [0.4, 0.5) is 15.3 Å². The second-order valence-electron chi connectivity index (χ2n) is 19.6. The van der Waals surface area contributed by atoms with E-state index in [0.717, 1.165) is 129 Å². The van der Waals surface area contributed by atoms with Crippen molar-refractivity contribution >= 4 is 70.0 Å². The fraction of sp³-hybridized carbons (Fsp3) is 0.482. The standard InChI is InChI=1S/C54H65ClFN9O4S.C2H6/c1-35(29-46-36(2)57-20-15-45(46)42-9-12-48-51(30-42)65(70-56)52(60-48)34-69-4)37(3)62-23-18-40(19-24-62)39-5-7-41(8-6-39)54(68)64-21-16-38(17-22-64)33-61-25-27-63(28-26-61)50-14-10-43(31-47(50)55)59-49-13-11-44(66)32-58-53(49)67;1-2/h5-10,12,14-15,20,29-31,37-38,40,49,59H,11,13,16-19,21-28,32-34H2,1-4H3,(H,58,67);1-2H3/b35-29+;. The summed E-state index contributed by atoms with van der Waals surface area (Å²) < 4.78 is 20.9. The van der Waals surface area contributed by atoms with Crippen LogP contribution >= 0.6 is 23.9 Å². The van der Waals surface area contributed by atoms with Crippen LogP contribution in [0.5, 0.6) is 0 Å². The molecule has 2 amide bonds. The van der Waals surface area contributed by atoms with Crippen LogP contribution in [-0.4, -0.2) is 131 Å². The fourth-order valence-corrected chi connectivity index (χ4v) is 11.5. The van der Waals surface area contributed by atoms with E-state index in [2.05, 4.69) is 67.4 Å². The van der Waals surface area contributed by atoms with Gasteiger partial charge in [0.15, 0.2) is 18.1 Å². The second-order valence-corrected chi connectivity index (χ2v) is 20.5. The van der Waals surface area contributed by atoms with Crippen molar-refractivity contribution in [1.82, 2.24) is 34.0 Å². The Hall–Kier alpha value is -5.32. The molecule has 0 spiro atoms. The van der Waals surface area contributed by atoms with Gasteiger partial charge in [0.2, 0.25) is 5.91 Å². The van der Waals surface area contributed by atoms with Gasteiger partial charge in [-0.1, -0.05) is 55.3 Å². The minimum Gasteiger partial charge on any atom is -0.377 e. The topological polar surface area (TPSA) is 128 Å². The SMILES string of the molecule is CC.COCc1nc2ccc(-c3ccnc(C)c3/C=C(\C)C(C)N3CCC(c4ccc(C(=O)N5CCC(CN6CCN(c7ccc(NC8CCC(=O)CNC8=O)cc7Cl)CC6)CC5)cc4)CC3)cc2n1SF. The number of nitrogens with zero attached hydrogens (tertiary/aromatic N) is 7. The van der Waals surface area contributed by atoms with Crippen molar-refractivity contribution in [2.24, 2.45) is 5.92 Å². The third kappa shape index (κ3) is 12.4. The summed E-state index contributed by atoms with van der Waals surface area (Å²) in [4.78, 5) is 56.6. The van der Waals surface area contributed by atoms with Crippen LogP contribution in [0.1, 0.15) is 105 Å². The number of halogens is 2. The minimum absolute atomic E-state index is 0.0455. The van der Waals surface area contributed by atoms with Crippen molar-refractivity contribution in [1.29, 1.82) is 0 Å². The Labute approximate surface area is 434 Å². The number of piperazine rings is 1. The monoisotopic (exact) mass is 1020 g/mol. The van der Waals surface area contributed by atoms with E-state index in [1.54, 1.807) is 7.11 Å². The van der Waals surface area contributed by atoms with Crippen molar-refractivity contribution in [3.05, 3.63) is 112 Å². The van der Waals surface area contributed by atoms with Gasteiger partial charge in [0, 0.05) is 94.1 Å². The second kappa shape index (κ2) is 24.6. The molecule has 6 heterocycles. The van der Waals surface area contributed by atoms with Crippen LogP contribution < -0.4 is 15.5 Å². The summed E-state index contributed by atoms with van der Waals surface area (Å²) in [5.74, 6) is 1.56. The summed E-state index contributed by atoms with van der Waals surface area (Å²) in [5, 5.41) is 6.60. The van der Waals surface area contributed by atoms with E-state index in [9.17, 15) is 18.3 Å². The smallest absolute Gasteiger partial charge is 0.253 e. The molecule has 9 rings (SSSR count). The number of aryl methyl sites for hydroxylation is 1. The number of piperidine rings is 2. The molecule has 4 fully saturated rings. The largest absolute Gasteiger partial charge is 0.377 e. The molecular weight excluding hydrogens is 949 g/mol. The van der Waals surface area contributed by atoms with Crippen LogP contribution in [0.25, 0.3) is 28.2 Å². The summed E-state index contributed by atoms with van der Waals surface area (Å²) in [7, 11) is 1.58. The van der Waals surface area contributed by atoms with Gasteiger partial charge in [-0.25, -0.2) is 8.96 Å². The summed E-state index contributed by atoms with van der Waals surface area (Å²) in [5.41, 5.74) is 10.6. The van der Waals surface area contributed by atoms with Crippen molar-refractivity contribution in [2.45, 2.75) is 97.8 Å². The van der Waals surface area contributed by atoms with Crippen molar-refractivity contribution < 1.29 is 23.0 Å². The molecule has 0 aliphatic carbocycles. The van der Waals surface area contributed by atoms with Crippen LogP contribution in [-0.2, 0) is 20.9 Å². The average molecular weight is 1020 g/mol. The summed E-state index contributed by atoms with van der Waals surface area (Å²) in [6.07, 6.45) is 9.07. The van der Waals surface area contributed by atoms with E-state index in [-0.39, 0.29) is 49.1 Å². The maximum absolute atomic E-state index is 14.1. The van der Waals surface area contributed by atoms with Gasteiger partial charge in [-0.05, 0) is 143 Å². The first-order valence-corrected chi connectivity index (χ1v) is 26.9. The zero-order chi connectivity index (χ0) is 50.9. The van der Waals surface area contributed by atoms with E-state index in [0.29, 0.717) is 41.0 Å². The number of hydrogen-bond donors (Lipinski definition) is 2. The zero-order valence-electron chi connectivity index (χ0n) is 42.8. The number of carbonyl (C=O) groups excluding carboxylic acids is 3. The molecule has 0 bridgehead atoms. The minimum atomic E-state index is -0.459. The van der Waals surface area contributed by atoms with Crippen LogP contribution in [0.3, 0.4) is 0 Å². The van der Waals surface area contributed by atoms with Crippen LogP contribution in [0, 0.1) is 12.8 Å². The Bertz CT molecular complexity index is 2710. The van der Waals surface area contributed by atoms with Crippen molar-refractivity contribution in [2.75, 3.05) is 82.8 Å². The number of fused-ring (bicyclic) bond motifs is 1. The summed E-state index contributed by atoms with van der Waals surface area (Å²) >= 11 is 6.92. The third-order valence-corrected chi connectivity index (χ3v) is 16.0. The number of carbonyl (C=O) groups is 3. The highest BCUT2D eigenvalue weighted by molar-refractivity contribution is 7.93. The van der Waals surface area contributed by atoms with Gasteiger partial charge in [0.25, 0.3) is 5.91 Å². The van der Waals surface area contributed by atoms with Gasteiger partial charge in [0.05, 0.1) is 28.3 Å². The van der Waals surface area contributed by atoms with Crippen LogP contribution in [0.15, 0.2) is 78.5 Å². The number of anilines is 2. The highest BCUT2D eigenvalue weighted by Crippen LogP contribution is 2.35. The number of benzene rings is 3. The van der Waals surface area contributed by atoms with E-state index < -0.39 is 6.04 Å². The molecule has 0 saturated carbocycles. The lowest BCUT2D eigenvalue weighted by molar-refractivity contribution is -0.123. The number of amides is 2. The van der Waals surface area contributed by atoms with Gasteiger partial charge in [0.1, 0.15) is 18.5 Å². The maximum atomic E-state index is 14.1. The van der Waals surface area contributed by atoms with E-state index in [1.807, 2.05) is 86.5 Å². The fourth-order valence-electron chi connectivity index (χ4n) is 10.8. The third-order valence-electron chi connectivity index (χ3n) is 15.2. The van der Waals surface area contributed by atoms with Gasteiger partial charge in [-0.15, -0.1) is 3.89 Å². The van der Waals surface area contributed by atoms with E-state index in [4.69, 9.17) is 16.3 Å². The molecule has 5 aromatic rings. The zero-order valence-corrected chi connectivity index (χ0v) is 44.3. The van der Waals surface area contributed by atoms with E-state index >= 15 is 0 Å². The molecule has 2 atom stereocenters. The number of nitrogens with one attached hydrogen (secondary N) is 2. The van der Waals surface area contributed by atoms with E-state index in [1.165, 1.54) is 15.1 Å². The van der Waals surface area contributed by atoms with Crippen molar-refractivity contribution in [3.63, 3.8) is 0 Å². The summed E-state index contributed by atoms with van der Waals surface area (Å²) in [6, 6.07) is 22.1. The predicted octanol–water partition coefficient (Wildman–Crippen LogP) is 10.2. The van der Waals surface area contributed by atoms with Gasteiger partial charge in [-0.3, -0.25) is 29.2 Å². The number of aromatic nitrogens is 3. The number of hydrogen-bond acceptors (Lipinski definition) is 11. The molecule has 384 valence electrons. The molecule has 2 N–H and O–H groups in total. The Kier molecular flexibility index (Phi) is 18.1. The molecular formula is C56H71ClFN9O4S. The Balaban J connectivity index is 0.00000342. The lowest BCUT2D eigenvalue weighted by Crippen LogP contribution is -2.49. The Morgan fingerprint density at radius 2 is 1.68 bits per heavy atom. The quantitative estimate of drug-likeness (QED) is 0.110. The predicted molar refractivity (Wildman–Crippen MR) is 290 cm³/mol. The highest BCUT2D eigenvalue weighted by atomic mass is 35.5. The molecule has 2 unspecified atom stereocenters. The number of ketones is 1. The molecule has 4 aliphatic heterocycles. The Morgan fingerprint density at radius 3 is 2.38 bits per heavy atom. The number of pyridine rings is 1. The van der Waals surface area contributed by atoms with Gasteiger partial charge >= 0.3 is 0 Å². The normalized spacial score (nSPS) is 19.4. The lowest BCUT2D eigenvalue weighted by Gasteiger charge is -2.40. The van der Waals surface area contributed by atoms with Crippen LogP contribution in [0.2, 0.25) is 5.02 Å². The number of rotatable bonds is 14. The Morgan fingerprint density at radius 1 is 0.944 bits per heavy atom. The molecule has 4 aliphatic rings. The molecule has 0 radical (unpaired) electrons. The number of Topliss-reactive ketones (excluding diaryl/α,β-unsaturated/α-hetero) is 1. The first kappa shape index (κ1) is 53.0. The molecule has 13 nitrogen and oxygen atoms in total. The number of imidazole rings is 1. The first-order chi connectivity index (χ1) is 35.0. The van der Waals surface area contributed by atoms with Crippen molar-refractivity contribution in [3.8, 4) is 11.1 Å². The van der Waals surface area contributed by atoms with Gasteiger partial charge < -0.3 is 25.2 Å². The number of likely N-dealkylation sites (tertiary alicyclic amines) is 2. The molecule has 16 heteroatoms. The first-order valence-electron chi connectivity index (χ1n) is 25.9. The molecule has 4 saturated heterocycles. The lowest BCUT2D eigenvalue weighted by atomic mass is 9.87. The maximum Gasteiger partial charge on any atom is 0.253 e. The highest BCUT2D eigenvalue weighted by Gasteiger charge is 2.30. The average Bonchev–Trinajstić information content (AvgIpc) is 3.68. The number of methoxy groups -OCH3 is 1. The molecule has 2 aromatic heterocycles. The van der Waals surface area contributed by atoms with Gasteiger partial charge in [-0.2, -0.15) is 0 Å². The summed E-state index contributed by atoms with van der Waals surface area (Å²) in [6.45, 7) is 19.1. The molecule has 72 heavy (non-hydrogen) atoms.